The normalized spacial score (nSPS) is 24.0. The summed E-state index contributed by atoms with van der Waals surface area (Å²) in [5.41, 5.74) is 0. The van der Waals surface area contributed by atoms with Gasteiger partial charge >= 0.3 is 0 Å². The molecule has 1 aromatic heterocycles. The smallest absolute Gasteiger partial charge is 0.232 e. The summed E-state index contributed by atoms with van der Waals surface area (Å²) in [5.74, 6) is 1.28. The van der Waals surface area contributed by atoms with Crippen molar-refractivity contribution in [1.82, 2.24) is 15.3 Å². The lowest BCUT2D eigenvalue weighted by Gasteiger charge is -2.34. The van der Waals surface area contributed by atoms with Crippen molar-refractivity contribution >= 4 is 40.7 Å². The van der Waals surface area contributed by atoms with Crippen LogP contribution < -0.4 is 15.5 Å². The van der Waals surface area contributed by atoms with Crippen molar-refractivity contribution in [1.29, 1.82) is 0 Å². The molecule has 8 heteroatoms. The average molecular weight is 370 g/mol. The summed E-state index contributed by atoms with van der Waals surface area (Å²) in [4.78, 5) is 11.1. The van der Waals surface area contributed by atoms with Crippen molar-refractivity contribution in [2.45, 2.75) is 51.2 Å². The molecule has 2 atom stereocenters. The molecule has 132 valence electrons. The minimum absolute atomic E-state index is 0.231. The Bertz CT molecular complexity index is 582. The third kappa shape index (κ3) is 4.68. The Morgan fingerprint density at radius 3 is 3.00 bits per heavy atom. The molecule has 0 amide bonds. The lowest BCUT2D eigenvalue weighted by Crippen LogP contribution is -2.38. The summed E-state index contributed by atoms with van der Waals surface area (Å²) in [6.45, 7) is 4.75. The van der Waals surface area contributed by atoms with Crippen LogP contribution in [0.3, 0.4) is 0 Å². The zero-order chi connectivity index (χ0) is 16.9. The monoisotopic (exact) mass is 369 g/mol. The first-order chi connectivity index (χ1) is 11.6. The third-order valence-corrected chi connectivity index (χ3v) is 4.96. The molecular formula is C16H24ClN5OS. The van der Waals surface area contributed by atoms with Gasteiger partial charge in [0.05, 0.1) is 6.10 Å². The van der Waals surface area contributed by atoms with Crippen molar-refractivity contribution in [3.05, 3.63) is 11.2 Å². The highest BCUT2D eigenvalue weighted by Gasteiger charge is 2.21. The molecule has 0 radical (unpaired) electrons. The molecule has 0 aromatic carbocycles. The molecular weight excluding hydrogens is 346 g/mol. The van der Waals surface area contributed by atoms with Gasteiger partial charge in [-0.15, -0.1) is 0 Å². The Kier molecular flexibility index (Phi) is 6.08. The van der Waals surface area contributed by atoms with Gasteiger partial charge in [-0.25, -0.2) is 4.98 Å². The van der Waals surface area contributed by atoms with Crippen molar-refractivity contribution in [2.24, 2.45) is 0 Å². The van der Waals surface area contributed by atoms with Crippen molar-refractivity contribution in [2.75, 3.05) is 29.9 Å². The van der Waals surface area contributed by atoms with Gasteiger partial charge in [-0.2, -0.15) is 4.98 Å². The Labute approximate surface area is 153 Å². The van der Waals surface area contributed by atoms with E-state index >= 15 is 0 Å². The first-order valence-corrected chi connectivity index (χ1v) is 9.38. The Morgan fingerprint density at radius 1 is 1.38 bits per heavy atom. The molecule has 2 saturated heterocycles. The molecule has 0 saturated carbocycles. The lowest BCUT2D eigenvalue weighted by molar-refractivity contribution is 0.114. The molecule has 2 aliphatic heterocycles. The van der Waals surface area contributed by atoms with E-state index in [1.165, 1.54) is 19.3 Å². The van der Waals surface area contributed by atoms with Crippen LogP contribution in [-0.2, 0) is 4.74 Å². The molecule has 2 fully saturated rings. The number of hydrogen-bond acceptors (Lipinski definition) is 5. The van der Waals surface area contributed by atoms with Gasteiger partial charge in [0.1, 0.15) is 11.0 Å². The van der Waals surface area contributed by atoms with Gasteiger partial charge in [0.2, 0.25) is 5.95 Å². The first-order valence-electron chi connectivity index (χ1n) is 8.59. The maximum atomic E-state index is 6.18. The van der Waals surface area contributed by atoms with E-state index in [4.69, 9.17) is 28.6 Å². The van der Waals surface area contributed by atoms with Crippen molar-refractivity contribution in [3.8, 4) is 0 Å². The minimum atomic E-state index is 0.231. The molecule has 1 aromatic rings. The topological polar surface area (TPSA) is 62.3 Å². The van der Waals surface area contributed by atoms with Crippen LogP contribution >= 0.6 is 23.8 Å². The molecule has 3 heterocycles. The second-order valence-electron chi connectivity index (χ2n) is 6.38. The largest absolute Gasteiger partial charge is 0.376 e. The fourth-order valence-corrected chi connectivity index (χ4v) is 3.56. The Balaban J connectivity index is 1.61. The molecule has 0 bridgehead atoms. The van der Waals surface area contributed by atoms with Crippen LogP contribution in [0.15, 0.2) is 6.07 Å². The van der Waals surface area contributed by atoms with Gasteiger partial charge in [0, 0.05) is 31.8 Å². The van der Waals surface area contributed by atoms with Crippen LogP contribution in [0.25, 0.3) is 0 Å². The quantitative estimate of drug-likeness (QED) is 0.624. The van der Waals surface area contributed by atoms with E-state index in [0.717, 1.165) is 31.8 Å². The predicted molar refractivity (Wildman–Crippen MR) is 101 cm³/mol. The number of nitrogens with one attached hydrogen (secondary N) is 2. The second kappa shape index (κ2) is 8.27. The third-order valence-electron chi connectivity index (χ3n) is 4.52. The number of thiocarbonyl (C=S) groups is 1. The summed E-state index contributed by atoms with van der Waals surface area (Å²) in [5, 5.41) is 7.10. The number of piperidine rings is 1. The number of anilines is 2. The number of ether oxygens (including phenoxy) is 1. The highest BCUT2D eigenvalue weighted by molar-refractivity contribution is 7.80. The van der Waals surface area contributed by atoms with Crippen LogP contribution in [-0.4, -0.2) is 46.9 Å². The summed E-state index contributed by atoms with van der Waals surface area (Å²) in [7, 11) is 0. The predicted octanol–water partition coefficient (Wildman–Crippen LogP) is 2.97. The van der Waals surface area contributed by atoms with E-state index in [-0.39, 0.29) is 6.10 Å². The molecule has 24 heavy (non-hydrogen) atoms. The molecule has 0 spiro atoms. The van der Waals surface area contributed by atoms with Gasteiger partial charge in [-0.1, -0.05) is 11.6 Å². The van der Waals surface area contributed by atoms with Crippen molar-refractivity contribution < 1.29 is 4.74 Å². The Morgan fingerprint density at radius 2 is 2.25 bits per heavy atom. The molecule has 6 nitrogen and oxygen atoms in total. The summed E-state index contributed by atoms with van der Waals surface area (Å²) < 4.78 is 5.57. The average Bonchev–Trinajstić information content (AvgIpc) is 3.06. The number of aromatic nitrogens is 2. The molecule has 0 aliphatic carbocycles. The van der Waals surface area contributed by atoms with Crippen LogP contribution in [0.4, 0.5) is 11.8 Å². The molecule has 3 rings (SSSR count). The maximum absolute atomic E-state index is 6.18. The summed E-state index contributed by atoms with van der Waals surface area (Å²) in [6, 6.07) is 2.28. The molecule has 0 unspecified atom stereocenters. The summed E-state index contributed by atoms with van der Waals surface area (Å²) >= 11 is 11.5. The van der Waals surface area contributed by atoms with Gasteiger partial charge < -0.3 is 20.3 Å². The van der Waals surface area contributed by atoms with E-state index in [1.54, 1.807) is 0 Å². The van der Waals surface area contributed by atoms with Crippen molar-refractivity contribution in [3.63, 3.8) is 0 Å². The lowest BCUT2D eigenvalue weighted by atomic mass is 10.0. The Hall–Kier alpha value is -1.18. The van der Waals surface area contributed by atoms with Gasteiger partial charge in [-0.05, 0) is 51.2 Å². The van der Waals surface area contributed by atoms with E-state index in [9.17, 15) is 0 Å². The van der Waals surface area contributed by atoms with Crippen LogP contribution in [0.5, 0.6) is 0 Å². The van der Waals surface area contributed by atoms with Crippen LogP contribution in [0.1, 0.15) is 39.0 Å². The van der Waals surface area contributed by atoms with Crippen LogP contribution in [0.2, 0.25) is 5.15 Å². The maximum Gasteiger partial charge on any atom is 0.232 e. The van der Waals surface area contributed by atoms with E-state index in [2.05, 4.69) is 32.4 Å². The second-order valence-corrected chi connectivity index (χ2v) is 7.18. The van der Waals surface area contributed by atoms with E-state index < -0.39 is 0 Å². The number of halogens is 1. The summed E-state index contributed by atoms with van der Waals surface area (Å²) in [6.07, 6.45) is 6.03. The molecule has 2 N–H and O–H groups in total. The molecule has 2 aliphatic rings. The fraction of sp³-hybridized carbons (Fsp3) is 0.688. The van der Waals surface area contributed by atoms with Crippen LogP contribution in [0, 0.1) is 0 Å². The number of hydrogen-bond donors (Lipinski definition) is 2. The van der Waals surface area contributed by atoms with E-state index in [1.807, 2.05) is 6.07 Å². The van der Waals surface area contributed by atoms with Gasteiger partial charge in [-0.3, -0.25) is 0 Å². The number of rotatable bonds is 4. The highest BCUT2D eigenvalue weighted by atomic mass is 35.5. The SMILES string of the molecule is C[C@H]1CCCCN1c1cc(Cl)nc(NC(=S)NC[C@H]2CCCO2)n1. The first kappa shape index (κ1) is 17.6. The zero-order valence-corrected chi connectivity index (χ0v) is 15.5. The van der Waals surface area contributed by atoms with E-state index in [0.29, 0.717) is 28.8 Å². The van der Waals surface area contributed by atoms with Gasteiger partial charge in [0.15, 0.2) is 5.11 Å². The standard InChI is InChI=1S/C16H24ClN5OS/c1-11-5-2-3-7-22(11)14-9-13(17)19-15(20-14)21-16(24)18-10-12-6-4-8-23-12/h9,11-12H,2-8,10H2,1H3,(H2,18,19,20,21,24)/t11-,12+/m0/s1. The minimum Gasteiger partial charge on any atom is -0.376 e. The fourth-order valence-electron chi connectivity index (χ4n) is 3.20. The number of nitrogens with zero attached hydrogens (tertiary/aromatic N) is 3. The zero-order valence-electron chi connectivity index (χ0n) is 13.9. The highest BCUT2D eigenvalue weighted by Crippen LogP contribution is 2.25. The van der Waals surface area contributed by atoms with Gasteiger partial charge in [0.25, 0.3) is 0 Å².